The molecule has 4 heterocycles. The first-order valence-electron chi connectivity index (χ1n) is 9.78. The average Bonchev–Trinajstić information content (AvgIpc) is 3.29. The predicted molar refractivity (Wildman–Crippen MR) is 101 cm³/mol. The largest absolute Gasteiger partial charge is 0.474 e. The second kappa shape index (κ2) is 7.22. The van der Waals surface area contributed by atoms with Crippen LogP contribution in [0.5, 0.6) is 17.4 Å². The highest BCUT2D eigenvalue weighted by molar-refractivity contribution is 5.75. The van der Waals surface area contributed by atoms with E-state index in [-0.39, 0.29) is 31.0 Å². The molecular weight excluding hydrogens is 358 g/mol. The van der Waals surface area contributed by atoms with Crippen LogP contribution in [-0.4, -0.2) is 40.9 Å². The number of nitrogens with one attached hydrogen (secondary N) is 1. The van der Waals surface area contributed by atoms with Gasteiger partial charge >= 0.3 is 6.03 Å². The smallest absolute Gasteiger partial charge is 0.318 e. The number of benzene rings is 1. The molecule has 2 unspecified atom stereocenters. The van der Waals surface area contributed by atoms with Gasteiger partial charge in [-0.15, -0.1) is 0 Å². The molecule has 1 N–H and O–H groups in total. The van der Waals surface area contributed by atoms with Gasteiger partial charge < -0.3 is 24.4 Å². The first kappa shape index (κ1) is 17.2. The minimum Gasteiger partial charge on any atom is -0.474 e. The van der Waals surface area contributed by atoms with Gasteiger partial charge in [0.15, 0.2) is 11.5 Å². The zero-order valence-electron chi connectivity index (χ0n) is 15.5. The number of hydrogen-bond acceptors (Lipinski definition) is 5. The molecule has 3 aliphatic rings. The molecule has 0 spiro atoms. The van der Waals surface area contributed by atoms with Gasteiger partial charge in [-0.2, -0.15) is 0 Å². The Morgan fingerprint density at radius 1 is 1.14 bits per heavy atom. The van der Waals surface area contributed by atoms with Crippen molar-refractivity contribution in [2.24, 2.45) is 0 Å². The number of carbonyl (C=O) groups is 1. The van der Waals surface area contributed by atoms with Crippen LogP contribution in [0.25, 0.3) is 0 Å². The van der Waals surface area contributed by atoms with Crippen LogP contribution in [0.1, 0.15) is 31.2 Å². The number of carbonyl (C=O) groups excluding carboxylic acids is 1. The summed E-state index contributed by atoms with van der Waals surface area (Å²) >= 11 is 0. The number of amides is 2. The maximum absolute atomic E-state index is 12.8. The van der Waals surface area contributed by atoms with Crippen molar-refractivity contribution in [2.45, 2.75) is 50.4 Å². The van der Waals surface area contributed by atoms with Crippen LogP contribution < -0.4 is 19.5 Å². The lowest BCUT2D eigenvalue weighted by molar-refractivity contribution is 0.0660. The monoisotopic (exact) mass is 381 g/mol. The lowest BCUT2D eigenvalue weighted by atomic mass is 10.00. The van der Waals surface area contributed by atoms with Crippen molar-refractivity contribution in [3.05, 3.63) is 48.2 Å². The second-order valence-corrected chi connectivity index (χ2v) is 7.52. The quantitative estimate of drug-likeness (QED) is 0.881. The number of ether oxygens (including phenoxy) is 3. The molecule has 2 bridgehead atoms. The molecule has 2 fully saturated rings. The van der Waals surface area contributed by atoms with Crippen molar-refractivity contribution < 1.29 is 19.0 Å². The summed E-state index contributed by atoms with van der Waals surface area (Å²) in [6.45, 7) is 0.725. The third kappa shape index (κ3) is 3.32. The highest BCUT2D eigenvalue weighted by atomic mass is 16.7. The molecule has 7 nitrogen and oxygen atoms in total. The Morgan fingerprint density at radius 3 is 2.75 bits per heavy atom. The lowest BCUT2D eigenvalue weighted by Crippen LogP contribution is -2.52. The van der Waals surface area contributed by atoms with E-state index in [1.165, 1.54) is 0 Å². The fraction of sp³-hybridized carbons (Fsp3) is 0.429. The highest BCUT2D eigenvalue weighted by Gasteiger charge is 2.44. The van der Waals surface area contributed by atoms with Crippen LogP contribution in [0.4, 0.5) is 4.79 Å². The van der Waals surface area contributed by atoms with Crippen LogP contribution in [0.3, 0.4) is 0 Å². The zero-order valence-corrected chi connectivity index (χ0v) is 15.5. The number of urea groups is 1. The van der Waals surface area contributed by atoms with Gasteiger partial charge in [-0.05, 0) is 36.6 Å². The fourth-order valence-corrected chi connectivity index (χ4v) is 4.46. The summed E-state index contributed by atoms with van der Waals surface area (Å²) in [5.41, 5.74) is 0.998. The molecule has 0 saturated carbocycles. The highest BCUT2D eigenvalue weighted by Crippen LogP contribution is 2.37. The molecule has 2 atom stereocenters. The number of fused-ring (bicyclic) bond motifs is 3. The number of piperidine rings is 1. The van der Waals surface area contributed by atoms with E-state index in [1.54, 1.807) is 6.20 Å². The fourth-order valence-electron chi connectivity index (χ4n) is 4.46. The Morgan fingerprint density at radius 2 is 1.96 bits per heavy atom. The molecule has 3 aliphatic heterocycles. The molecule has 5 rings (SSSR count). The topological polar surface area (TPSA) is 72.9 Å². The second-order valence-electron chi connectivity index (χ2n) is 7.52. The summed E-state index contributed by atoms with van der Waals surface area (Å²) in [6, 6.07) is 11.9. The van der Waals surface area contributed by atoms with Gasteiger partial charge in [0.05, 0.1) is 0 Å². The zero-order chi connectivity index (χ0) is 18.9. The van der Waals surface area contributed by atoms with Gasteiger partial charge in [-0.3, -0.25) is 0 Å². The minimum absolute atomic E-state index is 0.00135. The SMILES string of the molecule is O=C(NCc1ccc2c(c1)OCO2)N1C2CCC1CC(Oc1ccccn1)C2. The molecule has 28 heavy (non-hydrogen) atoms. The van der Waals surface area contributed by atoms with E-state index in [9.17, 15) is 4.79 Å². The van der Waals surface area contributed by atoms with E-state index in [4.69, 9.17) is 14.2 Å². The van der Waals surface area contributed by atoms with E-state index in [0.29, 0.717) is 12.4 Å². The Hall–Kier alpha value is -2.96. The van der Waals surface area contributed by atoms with Crippen LogP contribution in [0, 0.1) is 0 Å². The van der Waals surface area contributed by atoms with E-state index < -0.39 is 0 Å². The molecule has 2 amide bonds. The maximum Gasteiger partial charge on any atom is 0.318 e. The summed E-state index contributed by atoms with van der Waals surface area (Å²) in [7, 11) is 0. The summed E-state index contributed by atoms with van der Waals surface area (Å²) < 4.78 is 16.8. The van der Waals surface area contributed by atoms with E-state index in [1.807, 2.05) is 41.3 Å². The Bertz CT molecular complexity index is 846. The number of nitrogens with zero attached hydrogens (tertiary/aromatic N) is 2. The first-order chi connectivity index (χ1) is 13.8. The Balaban J connectivity index is 1.18. The van der Waals surface area contributed by atoms with Crippen molar-refractivity contribution in [1.82, 2.24) is 15.2 Å². The molecule has 2 saturated heterocycles. The van der Waals surface area contributed by atoms with E-state index in [2.05, 4.69) is 10.3 Å². The molecule has 146 valence electrons. The molecule has 7 heteroatoms. The van der Waals surface area contributed by atoms with Crippen LogP contribution in [0.15, 0.2) is 42.6 Å². The van der Waals surface area contributed by atoms with Crippen LogP contribution in [-0.2, 0) is 6.54 Å². The third-order valence-corrected chi connectivity index (χ3v) is 5.73. The van der Waals surface area contributed by atoms with Crippen molar-refractivity contribution >= 4 is 6.03 Å². The van der Waals surface area contributed by atoms with Gasteiger partial charge in [-0.1, -0.05) is 12.1 Å². The van der Waals surface area contributed by atoms with Gasteiger partial charge in [0.1, 0.15) is 6.10 Å². The lowest BCUT2D eigenvalue weighted by Gasteiger charge is -2.38. The molecule has 2 aromatic rings. The molecular formula is C21H23N3O4. The standard InChI is InChI=1S/C21H23N3O4/c25-21(23-12-14-4-7-18-19(9-14)27-13-26-18)24-15-5-6-16(24)11-17(10-15)28-20-3-1-2-8-22-20/h1-4,7-9,15-17H,5-6,10-13H2,(H,23,25). The minimum atomic E-state index is 0.00135. The van der Waals surface area contributed by atoms with Gasteiger partial charge in [0.25, 0.3) is 0 Å². The molecule has 1 aromatic carbocycles. The van der Waals surface area contributed by atoms with Gasteiger partial charge in [0, 0.05) is 43.7 Å². The van der Waals surface area contributed by atoms with Gasteiger partial charge in [0.2, 0.25) is 12.7 Å². The molecule has 1 aromatic heterocycles. The van der Waals surface area contributed by atoms with Crippen molar-refractivity contribution in [3.8, 4) is 17.4 Å². The first-order valence-corrected chi connectivity index (χ1v) is 9.78. The predicted octanol–water partition coefficient (Wildman–Crippen LogP) is 3.09. The maximum atomic E-state index is 12.8. The van der Waals surface area contributed by atoms with Gasteiger partial charge in [-0.25, -0.2) is 9.78 Å². The Labute approximate surface area is 163 Å². The van der Waals surface area contributed by atoms with E-state index >= 15 is 0 Å². The Kier molecular flexibility index (Phi) is 4.43. The van der Waals surface area contributed by atoms with Crippen molar-refractivity contribution in [1.29, 1.82) is 0 Å². The molecule has 0 aliphatic carbocycles. The normalized spacial score (nSPS) is 24.9. The molecule has 0 radical (unpaired) electrons. The van der Waals surface area contributed by atoms with Crippen LogP contribution in [0.2, 0.25) is 0 Å². The third-order valence-electron chi connectivity index (χ3n) is 5.73. The summed E-state index contributed by atoms with van der Waals surface area (Å²) in [6.07, 6.45) is 5.62. The summed E-state index contributed by atoms with van der Waals surface area (Å²) in [5.74, 6) is 2.15. The number of hydrogen-bond donors (Lipinski definition) is 1. The number of pyridine rings is 1. The summed E-state index contributed by atoms with van der Waals surface area (Å²) in [4.78, 5) is 19.1. The van der Waals surface area contributed by atoms with E-state index in [0.717, 1.165) is 42.7 Å². The van der Waals surface area contributed by atoms with Crippen molar-refractivity contribution in [2.75, 3.05) is 6.79 Å². The number of rotatable bonds is 4. The summed E-state index contributed by atoms with van der Waals surface area (Å²) in [5, 5.41) is 3.06. The van der Waals surface area contributed by atoms with Crippen LogP contribution >= 0.6 is 0 Å². The van der Waals surface area contributed by atoms with Crippen molar-refractivity contribution in [3.63, 3.8) is 0 Å². The number of aromatic nitrogens is 1. The average molecular weight is 381 g/mol.